The zero-order chi connectivity index (χ0) is 29.6. The fraction of sp³-hybridized carbons (Fsp3) is 0.344. The zero-order valence-electron chi connectivity index (χ0n) is 23.4. The second-order valence-electron chi connectivity index (χ2n) is 11.0. The summed E-state index contributed by atoms with van der Waals surface area (Å²) in [7, 11) is 0. The summed E-state index contributed by atoms with van der Waals surface area (Å²) < 4.78 is 5.56. The van der Waals surface area contributed by atoms with Crippen LogP contribution in [0.5, 0.6) is 0 Å². The molecule has 216 valence electrons. The van der Waals surface area contributed by atoms with Crippen molar-refractivity contribution in [2.45, 2.75) is 63.8 Å². The molecule has 7 nitrogen and oxygen atoms in total. The van der Waals surface area contributed by atoms with E-state index in [0.717, 1.165) is 11.1 Å². The number of carbonyl (C=O) groups excluding carboxylic acids is 3. The van der Waals surface area contributed by atoms with Gasteiger partial charge in [0.1, 0.15) is 17.7 Å². The van der Waals surface area contributed by atoms with Gasteiger partial charge in [0.05, 0.1) is 10.0 Å². The first-order valence-electron chi connectivity index (χ1n) is 13.7. The van der Waals surface area contributed by atoms with Crippen LogP contribution in [-0.2, 0) is 20.9 Å². The Morgan fingerprint density at radius 2 is 1.54 bits per heavy atom. The molecule has 0 unspecified atom stereocenters. The van der Waals surface area contributed by atoms with E-state index in [1.165, 1.54) is 0 Å². The molecule has 2 N–H and O–H groups in total. The van der Waals surface area contributed by atoms with E-state index < -0.39 is 29.7 Å². The number of halogens is 2. The van der Waals surface area contributed by atoms with Crippen molar-refractivity contribution in [2.75, 3.05) is 6.54 Å². The molecule has 0 spiro atoms. The topological polar surface area (TPSA) is 87.7 Å². The molecule has 1 fully saturated rings. The van der Waals surface area contributed by atoms with E-state index in [2.05, 4.69) is 10.6 Å². The normalized spacial score (nSPS) is 15.9. The smallest absolute Gasteiger partial charge is 0.408 e. The maximum Gasteiger partial charge on any atom is 0.408 e. The van der Waals surface area contributed by atoms with Gasteiger partial charge in [-0.1, -0.05) is 96.0 Å². The van der Waals surface area contributed by atoms with Crippen molar-refractivity contribution in [3.05, 3.63) is 106 Å². The van der Waals surface area contributed by atoms with Crippen LogP contribution in [0.2, 0.25) is 10.0 Å². The molecule has 0 radical (unpaired) electrons. The molecule has 2 atom stereocenters. The van der Waals surface area contributed by atoms with E-state index >= 15 is 0 Å². The standard InChI is InChI=1S/C32H35Cl2N3O4/c1-32(2,3)41-31(40)36-28(26(21-12-6-4-7-13-21)22-14-8-5-9-15-22)30(39)37-19-11-18-25(37)29(38)35-20-23-16-10-17-24(33)27(23)34/h4-10,12-17,25-26,28H,11,18-20H2,1-3H3,(H,35,38)(H,36,40)/t25-,28+/m0/s1. The molecule has 1 saturated heterocycles. The fourth-order valence-electron chi connectivity index (χ4n) is 5.09. The number of nitrogens with zero attached hydrogens (tertiary/aromatic N) is 1. The average molecular weight is 597 g/mol. The molecule has 9 heteroatoms. The summed E-state index contributed by atoms with van der Waals surface area (Å²) in [5.41, 5.74) is 1.62. The van der Waals surface area contributed by atoms with Crippen molar-refractivity contribution < 1.29 is 19.1 Å². The monoisotopic (exact) mass is 595 g/mol. The van der Waals surface area contributed by atoms with Gasteiger partial charge in [0.2, 0.25) is 11.8 Å². The average Bonchev–Trinajstić information content (AvgIpc) is 3.43. The van der Waals surface area contributed by atoms with Gasteiger partial charge < -0.3 is 20.3 Å². The van der Waals surface area contributed by atoms with E-state index in [1.807, 2.05) is 60.7 Å². The predicted octanol–water partition coefficient (Wildman–Crippen LogP) is 6.33. The van der Waals surface area contributed by atoms with Crippen molar-refractivity contribution in [3.8, 4) is 0 Å². The zero-order valence-corrected chi connectivity index (χ0v) is 24.9. The molecule has 4 rings (SSSR count). The Hall–Kier alpha value is -3.55. The minimum Gasteiger partial charge on any atom is -0.444 e. The predicted molar refractivity (Wildman–Crippen MR) is 161 cm³/mol. The maximum absolute atomic E-state index is 14.4. The van der Waals surface area contributed by atoms with Crippen LogP contribution in [0.25, 0.3) is 0 Å². The van der Waals surface area contributed by atoms with Gasteiger partial charge in [-0.15, -0.1) is 0 Å². The van der Waals surface area contributed by atoms with Gasteiger partial charge in [-0.25, -0.2) is 4.79 Å². The fourth-order valence-corrected chi connectivity index (χ4v) is 5.47. The Kier molecular flexibility index (Phi) is 9.94. The maximum atomic E-state index is 14.4. The molecule has 41 heavy (non-hydrogen) atoms. The van der Waals surface area contributed by atoms with Crippen molar-refractivity contribution in [1.29, 1.82) is 0 Å². The van der Waals surface area contributed by atoms with Gasteiger partial charge in [-0.05, 0) is 56.4 Å². The van der Waals surface area contributed by atoms with Crippen LogP contribution in [0, 0.1) is 0 Å². The summed E-state index contributed by atoms with van der Waals surface area (Å²) in [5, 5.41) is 6.55. The number of rotatable bonds is 8. The van der Waals surface area contributed by atoms with Gasteiger partial charge in [0.15, 0.2) is 0 Å². The lowest BCUT2D eigenvalue weighted by molar-refractivity contribution is -0.140. The molecule has 0 aliphatic carbocycles. The van der Waals surface area contributed by atoms with Crippen molar-refractivity contribution in [1.82, 2.24) is 15.5 Å². The number of amides is 3. The van der Waals surface area contributed by atoms with E-state index in [1.54, 1.807) is 43.9 Å². The summed E-state index contributed by atoms with van der Waals surface area (Å²) >= 11 is 12.4. The lowest BCUT2D eigenvalue weighted by Crippen LogP contribution is -2.56. The Labute approximate surface area is 251 Å². The molecule has 0 saturated carbocycles. The van der Waals surface area contributed by atoms with Crippen molar-refractivity contribution in [2.24, 2.45) is 0 Å². The van der Waals surface area contributed by atoms with E-state index in [0.29, 0.717) is 35.0 Å². The number of likely N-dealkylation sites (tertiary alicyclic amines) is 1. The van der Waals surface area contributed by atoms with Crippen LogP contribution in [0.1, 0.15) is 56.2 Å². The van der Waals surface area contributed by atoms with Crippen molar-refractivity contribution in [3.63, 3.8) is 0 Å². The first-order chi connectivity index (χ1) is 19.5. The first-order valence-corrected chi connectivity index (χ1v) is 14.4. The van der Waals surface area contributed by atoms with Gasteiger partial charge in [-0.2, -0.15) is 0 Å². The summed E-state index contributed by atoms with van der Waals surface area (Å²) in [6, 6.07) is 22.6. The minimum atomic E-state index is -1.02. The molecule has 0 aromatic heterocycles. The quantitative estimate of drug-likeness (QED) is 0.319. The Morgan fingerprint density at radius 3 is 2.12 bits per heavy atom. The summed E-state index contributed by atoms with van der Waals surface area (Å²) in [4.78, 5) is 42.4. The highest BCUT2D eigenvalue weighted by Crippen LogP contribution is 2.32. The molecule has 3 aromatic rings. The molecule has 3 aromatic carbocycles. The van der Waals surface area contributed by atoms with Crippen LogP contribution in [0.15, 0.2) is 78.9 Å². The van der Waals surface area contributed by atoms with Crippen LogP contribution < -0.4 is 10.6 Å². The van der Waals surface area contributed by atoms with Crippen LogP contribution in [0.4, 0.5) is 4.79 Å². The molecule has 1 aliphatic heterocycles. The molecular formula is C32H35Cl2N3O4. The van der Waals surface area contributed by atoms with Gasteiger partial charge in [0.25, 0.3) is 0 Å². The number of benzene rings is 3. The third kappa shape index (κ3) is 7.80. The molecule has 0 bridgehead atoms. The Bertz CT molecular complexity index is 1320. The SMILES string of the molecule is CC(C)(C)OC(=O)N[C@@H](C(=O)N1CCC[C@H]1C(=O)NCc1cccc(Cl)c1Cl)C(c1ccccc1)c1ccccc1. The van der Waals surface area contributed by atoms with Crippen molar-refractivity contribution >= 4 is 41.1 Å². The van der Waals surface area contributed by atoms with Gasteiger partial charge in [0, 0.05) is 19.0 Å². The number of alkyl carbamates (subject to hydrolysis) is 1. The second kappa shape index (κ2) is 13.4. The summed E-state index contributed by atoms with van der Waals surface area (Å²) in [6.07, 6.45) is 0.451. The number of ether oxygens (including phenoxy) is 1. The Balaban J connectivity index is 1.64. The first kappa shape index (κ1) is 30.4. The van der Waals surface area contributed by atoms with E-state index in [9.17, 15) is 14.4 Å². The second-order valence-corrected chi connectivity index (χ2v) is 11.8. The van der Waals surface area contributed by atoms with Crippen LogP contribution in [-0.4, -0.2) is 47.0 Å². The molecule has 3 amide bonds. The number of hydrogen-bond acceptors (Lipinski definition) is 4. The van der Waals surface area contributed by atoms with Crippen LogP contribution >= 0.6 is 23.2 Å². The largest absolute Gasteiger partial charge is 0.444 e. The summed E-state index contributed by atoms with van der Waals surface area (Å²) in [6.45, 7) is 5.86. The number of carbonyl (C=O) groups is 3. The minimum absolute atomic E-state index is 0.174. The van der Waals surface area contributed by atoms with E-state index in [-0.39, 0.29) is 18.4 Å². The van der Waals surface area contributed by atoms with E-state index in [4.69, 9.17) is 27.9 Å². The van der Waals surface area contributed by atoms with Gasteiger partial charge in [-0.3, -0.25) is 9.59 Å². The number of nitrogens with one attached hydrogen (secondary N) is 2. The third-order valence-electron chi connectivity index (χ3n) is 6.91. The molecule has 1 aliphatic rings. The van der Waals surface area contributed by atoms with Crippen LogP contribution in [0.3, 0.4) is 0 Å². The summed E-state index contributed by atoms with van der Waals surface area (Å²) in [5.74, 6) is -1.17. The highest BCUT2D eigenvalue weighted by atomic mass is 35.5. The highest BCUT2D eigenvalue weighted by Gasteiger charge is 2.42. The third-order valence-corrected chi connectivity index (χ3v) is 7.77. The lowest BCUT2D eigenvalue weighted by Gasteiger charge is -2.34. The molecule has 1 heterocycles. The van der Waals surface area contributed by atoms with Gasteiger partial charge >= 0.3 is 6.09 Å². The lowest BCUT2D eigenvalue weighted by atomic mass is 9.84. The molecular weight excluding hydrogens is 561 g/mol. The number of hydrogen-bond donors (Lipinski definition) is 2. The highest BCUT2D eigenvalue weighted by molar-refractivity contribution is 6.42. The Morgan fingerprint density at radius 1 is 0.927 bits per heavy atom.